The highest BCUT2D eigenvalue weighted by Crippen LogP contribution is 2.31. The molecule has 1 aliphatic carbocycles. The van der Waals surface area contributed by atoms with Crippen LogP contribution < -0.4 is 0 Å². The van der Waals surface area contributed by atoms with Crippen LogP contribution in [0.3, 0.4) is 0 Å². The van der Waals surface area contributed by atoms with E-state index in [-0.39, 0.29) is 6.10 Å². The molecule has 0 atom stereocenters. The molecule has 1 aliphatic rings. The Labute approximate surface area is 75.4 Å². The van der Waals surface area contributed by atoms with Crippen LogP contribution >= 0.6 is 17.0 Å². The second-order valence-corrected chi connectivity index (χ2v) is 4.56. The van der Waals surface area contributed by atoms with E-state index in [1.807, 2.05) is 0 Å². The van der Waals surface area contributed by atoms with Gasteiger partial charge >= 0.3 is 0 Å². The largest absolute Gasteiger partial charge is 0.393 e. The smallest absolute Gasteiger partial charge is 0.100 e. The van der Waals surface area contributed by atoms with Gasteiger partial charge in [0.2, 0.25) is 0 Å². The number of rotatable bonds is 3. The Kier molecular flexibility index (Phi) is 4.24. The molecule has 1 fully saturated rings. The standard InChI is InChI=1S/C6H13N3OP2/c7-11-9(12-8)5-1-3-6(10)4-2-5/h5-8,10H,1-4H2. The van der Waals surface area contributed by atoms with Gasteiger partial charge in [-0.25, -0.2) is 0 Å². The molecule has 0 saturated heterocycles. The maximum atomic E-state index is 9.24. The van der Waals surface area contributed by atoms with E-state index in [0.29, 0.717) is 23.1 Å². The van der Waals surface area contributed by atoms with Gasteiger partial charge in [-0.3, -0.25) is 10.3 Å². The highest BCUT2D eigenvalue weighted by atomic mass is 31.1. The van der Waals surface area contributed by atoms with Crippen molar-refractivity contribution in [3.8, 4) is 0 Å². The summed E-state index contributed by atoms with van der Waals surface area (Å²) in [5.41, 5.74) is 0. The van der Waals surface area contributed by atoms with Gasteiger partial charge in [-0.15, -0.1) is 0 Å². The third-order valence-corrected chi connectivity index (χ3v) is 3.80. The molecule has 0 heterocycles. The van der Waals surface area contributed by atoms with E-state index < -0.39 is 0 Å². The second-order valence-electron chi connectivity index (χ2n) is 2.98. The summed E-state index contributed by atoms with van der Waals surface area (Å²) in [4.78, 5) is 0. The van der Waals surface area contributed by atoms with Crippen LogP contribution in [-0.4, -0.2) is 21.7 Å². The van der Waals surface area contributed by atoms with Crippen molar-refractivity contribution in [2.75, 3.05) is 0 Å². The van der Waals surface area contributed by atoms with E-state index in [1.54, 1.807) is 4.44 Å². The maximum Gasteiger partial charge on any atom is 0.100 e. The number of nitrogens with one attached hydrogen (secondary N) is 2. The Bertz CT molecular complexity index is 162. The molecule has 4 nitrogen and oxygen atoms in total. The zero-order chi connectivity index (χ0) is 8.97. The topological polar surface area (TPSA) is 71.2 Å². The van der Waals surface area contributed by atoms with Crippen molar-refractivity contribution in [2.45, 2.75) is 37.8 Å². The minimum absolute atomic E-state index is 0.145. The Morgan fingerprint density at radius 1 is 1.08 bits per heavy atom. The molecule has 0 bridgehead atoms. The molecule has 0 unspecified atom stereocenters. The Morgan fingerprint density at radius 3 is 2.00 bits per heavy atom. The first-order valence-corrected chi connectivity index (χ1v) is 5.69. The summed E-state index contributed by atoms with van der Waals surface area (Å²) in [6.45, 7) is 0. The minimum atomic E-state index is -0.145. The molecule has 0 aromatic heterocycles. The van der Waals surface area contributed by atoms with E-state index in [9.17, 15) is 5.11 Å². The molecule has 0 aromatic rings. The fraction of sp³-hybridized carbons (Fsp3) is 1.00. The lowest BCUT2D eigenvalue weighted by atomic mass is 9.94. The third kappa shape index (κ3) is 2.56. The Morgan fingerprint density at radius 2 is 1.58 bits per heavy atom. The molecular weight excluding hydrogens is 192 g/mol. The lowest BCUT2D eigenvalue weighted by Gasteiger charge is -2.28. The molecule has 0 aliphatic heterocycles. The molecule has 0 spiro atoms. The Balaban J connectivity index is 2.42. The van der Waals surface area contributed by atoms with E-state index in [1.165, 1.54) is 0 Å². The van der Waals surface area contributed by atoms with Gasteiger partial charge in [0.15, 0.2) is 0 Å². The van der Waals surface area contributed by atoms with Gasteiger partial charge < -0.3 is 5.11 Å². The van der Waals surface area contributed by atoms with Crippen molar-refractivity contribution in [1.82, 2.24) is 4.44 Å². The zero-order valence-electron chi connectivity index (χ0n) is 6.77. The van der Waals surface area contributed by atoms with Gasteiger partial charge in [-0.2, -0.15) is 4.44 Å². The average molecular weight is 205 g/mol. The summed E-state index contributed by atoms with van der Waals surface area (Å²) in [6.07, 6.45) is 3.36. The van der Waals surface area contributed by atoms with Crippen LogP contribution in [0.1, 0.15) is 25.7 Å². The van der Waals surface area contributed by atoms with Crippen molar-refractivity contribution in [2.24, 2.45) is 0 Å². The lowest BCUT2D eigenvalue weighted by Crippen LogP contribution is -2.28. The zero-order valence-corrected chi connectivity index (χ0v) is 8.56. The molecule has 6 heteroatoms. The van der Waals surface area contributed by atoms with Crippen LogP contribution in [0.15, 0.2) is 0 Å². The van der Waals surface area contributed by atoms with E-state index in [4.69, 9.17) is 10.3 Å². The molecule has 0 radical (unpaired) electrons. The van der Waals surface area contributed by atoms with Gasteiger partial charge in [0.25, 0.3) is 0 Å². The van der Waals surface area contributed by atoms with Gasteiger partial charge in [-0.05, 0) is 25.7 Å². The number of aliphatic hydroxyl groups is 1. The number of hydrogen-bond donors (Lipinski definition) is 3. The highest BCUT2D eigenvalue weighted by molar-refractivity contribution is 7.39. The monoisotopic (exact) mass is 205 g/mol. The summed E-state index contributed by atoms with van der Waals surface area (Å²) in [5.74, 6) is 0. The summed E-state index contributed by atoms with van der Waals surface area (Å²) in [5, 5.41) is 23.5. The molecule has 0 aromatic carbocycles. The highest BCUT2D eigenvalue weighted by Gasteiger charge is 2.23. The van der Waals surface area contributed by atoms with Crippen LogP contribution in [0.5, 0.6) is 0 Å². The van der Waals surface area contributed by atoms with Crippen molar-refractivity contribution in [3.63, 3.8) is 0 Å². The van der Waals surface area contributed by atoms with Crippen molar-refractivity contribution in [1.29, 1.82) is 10.3 Å². The lowest BCUT2D eigenvalue weighted by molar-refractivity contribution is 0.113. The SMILES string of the molecule is N=PN(P=N)C1CCC(O)CC1. The van der Waals surface area contributed by atoms with Gasteiger partial charge in [0.05, 0.1) is 6.10 Å². The van der Waals surface area contributed by atoms with Crippen LogP contribution in [0, 0.1) is 10.3 Å². The Hall–Kier alpha value is 0.120. The van der Waals surface area contributed by atoms with E-state index in [0.717, 1.165) is 25.7 Å². The normalized spacial score (nSPS) is 31.5. The predicted molar refractivity (Wildman–Crippen MR) is 49.4 cm³/mol. The van der Waals surface area contributed by atoms with Gasteiger partial charge in [0, 0.05) is 6.04 Å². The summed E-state index contributed by atoms with van der Waals surface area (Å²) in [6, 6.07) is 0.340. The average Bonchev–Trinajstić information content (AvgIpc) is 2.10. The molecular formula is C6H13N3OP2. The van der Waals surface area contributed by atoms with E-state index >= 15 is 0 Å². The second kappa shape index (κ2) is 4.98. The van der Waals surface area contributed by atoms with Crippen LogP contribution in [0.2, 0.25) is 0 Å². The first-order chi connectivity index (χ1) is 5.77. The van der Waals surface area contributed by atoms with Crippen molar-refractivity contribution < 1.29 is 5.11 Å². The van der Waals surface area contributed by atoms with Crippen molar-refractivity contribution >= 4 is 17.0 Å². The molecule has 1 rings (SSSR count). The van der Waals surface area contributed by atoms with Crippen LogP contribution in [-0.2, 0) is 0 Å². The maximum absolute atomic E-state index is 9.24. The summed E-state index contributed by atoms with van der Waals surface area (Å²) >= 11 is 0. The number of aliphatic hydroxyl groups excluding tert-OH is 1. The fourth-order valence-electron chi connectivity index (χ4n) is 1.47. The van der Waals surface area contributed by atoms with Crippen LogP contribution in [0.25, 0.3) is 0 Å². The van der Waals surface area contributed by atoms with Crippen LogP contribution in [0.4, 0.5) is 0 Å². The molecule has 1 saturated carbocycles. The fourth-order valence-corrected chi connectivity index (χ4v) is 2.44. The van der Waals surface area contributed by atoms with Gasteiger partial charge in [-0.1, -0.05) is 0 Å². The molecule has 68 valence electrons. The summed E-state index contributed by atoms with van der Waals surface area (Å²) in [7, 11) is 0.853. The summed E-state index contributed by atoms with van der Waals surface area (Å²) < 4.78 is 1.78. The van der Waals surface area contributed by atoms with Gasteiger partial charge in [0.1, 0.15) is 17.0 Å². The quantitative estimate of drug-likeness (QED) is 0.620. The van der Waals surface area contributed by atoms with Crippen molar-refractivity contribution in [3.05, 3.63) is 0 Å². The third-order valence-electron chi connectivity index (χ3n) is 2.20. The number of hydrogen-bond acceptors (Lipinski definition) is 3. The molecule has 3 N–H and O–H groups in total. The minimum Gasteiger partial charge on any atom is -0.393 e. The predicted octanol–water partition coefficient (Wildman–Crippen LogP) is 2.84. The number of nitrogens with zero attached hydrogens (tertiary/aromatic N) is 1. The first-order valence-electron chi connectivity index (χ1n) is 4.00. The molecule has 0 amide bonds. The molecule has 12 heavy (non-hydrogen) atoms. The van der Waals surface area contributed by atoms with E-state index in [2.05, 4.69) is 0 Å². The first kappa shape index (κ1) is 10.2.